The predicted octanol–water partition coefficient (Wildman–Crippen LogP) is 0.326. The first kappa shape index (κ1) is 9.22. The van der Waals surface area contributed by atoms with Gasteiger partial charge in [0.15, 0.2) is 0 Å². The first-order valence-electron chi connectivity index (χ1n) is 4.05. The van der Waals surface area contributed by atoms with Gasteiger partial charge in [-0.25, -0.2) is 0 Å². The molecule has 0 radical (unpaired) electrons. The molecule has 0 aromatic carbocycles. The Morgan fingerprint density at radius 2 is 2.50 bits per heavy atom. The van der Waals surface area contributed by atoms with Gasteiger partial charge in [0, 0.05) is 25.7 Å². The van der Waals surface area contributed by atoms with Gasteiger partial charge < -0.3 is 9.84 Å². The lowest BCUT2D eigenvalue weighted by Crippen LogP contribution is -2.26. The molecular formula is C8H15N3O. The van der Waals surface area contributed by atoms with Crippen LogP contribution in [0.15, 0.2) is 16.9 Å². The Morgan fingerprint density at radius 3 is 3.08 bits per heavy atom. The van der Waals surface area contributed by atoms with Crippen LogP contribution in [0.5, 0.6) is 0 Å². The fourth-order valence-corrected chi connectivity index (χ4v) is 0.977. The first-order valence-corrected chi connectivity index (χ1v) is 4.05. The number of likely N-dealkylation sites (N-methyl/N-ethyl adjacent to an activating group) is 2. The van der Waals surface area contributed by atoms with E-state index in [0.717, 1.165) is 25.3 Å². The minimum atomic E-state index is 0.845. The van der Waals surface area contributed by atoms with Crippen LogP contribution in [-0.4, -0.2) is 37.2 Å². The van der Waals surface area contributed by atoms with E-state index < -0.39 is 0 Å². The van der Waals surface area contributed by atoms with E-state index in [4.69, 9.17) is 4.52 Å². The van der Waals surface area contributed by atoms with Crippen LogP contribution in [0, 0.1) is 0 Å². The monoisotopic (exact) mass is 169 g/mol. The highest BCUT2D eigenvalue weighted by Crippen LogP contribution is 1.97. The number of hydrogen-bond acceptors (Lipinski definition) is 4. The second-order valence-electron chi connectivity index (χ2n) is 2.83. The van der Waals surface area contributed by atoms with Crippen molar-refractivity contribution in [2.24, 2.45) is 0 Å². The fraction of sp³-hybridized carbons (Fsp3) is 0.625. The van der Waals surface area contributed by atoms with Crippen molar-refractivity contribution in [3.63, 3.8) is 0 Å². The van der Waals surface area contributed by atoms with E-state index in [1.165, 1.54) is 0 Å². The average molecular weight is 169 g/mol. The maximum absolute atomic E-state index is 4.73. The molecule has 0 bridgehead atoms. The zero-order chi connectivity index (χ0) is 8.81. The molecule has 0 saturated heterocycles. The summed E-state index contributed by atoms with van der Waals surface area (Å²) in [6.45, 7) is 2.86. The Kier molecular flexibility index (Phi) is 3.76. The van der Waals surface area contributed by atoms with Gasteiger partial charge in [-0.3, -0.25) is 4.90 Å². The summed E-state index contributed by atoms with van der Waals surface area (Å²) in [7, 11) is 4.01. The van der Waals surface area contributed by atoms with Crippen LogP contribution in [0.4, 0.5) is 0 Å². The summed E-state index contributed by atoms with van der Waals surface area (Å²) in [5.41, 5.74) is 0.980. The molecular weight excluding hydrogens is 154 g/mol. The molecule has 0 fully saturated rings. The molecule has 0 aliphatic rings. The summed E-state index contributed by atoms with van der Waals surface area (Å²) in [5.74, 6) is 0. The van der Waals surface area contributed by atoms with Crippen molar-refractivity contribution in [3.8, 4) is 0 Å². The Hall–Kier alpha value is -0.870. The highest BCUT2D eigenvalue weighted by Gasteiger charge is 2.00. The lowest BCUT2D eigenvalue weighted by atomic mass is 10.4. The second-order valence-corrected chi connectivity index (χ2v) is 2.83. The lowest BCUT2D eigenvalue weighted by molar-refractivity contribution is 0.312. The number of nitrogens with one attached hydrogen (secondary N) is 1. The van der Waals surface area contributed by atoms with Crippen molar-refractivity contribution in [1.82, 2.24) is 15.4 Å². The van der Waals surface area contributed by atoms with Gasteiger partial charge in [-0.2, -0.15) is 0 Å². The summed E-state index contributed by atoms with van der Waals surface area (Å²) in [6.07, 6.45) is 1.60. The van der Waals surface area contributed by atoms with Crippen molar-refractivity contribution >= 4 is 0 Å². The van der Waals surface area contributed by atoms with Crippen LogP contribution < -0.4 is 5.32 Å². The van der Waals surface area contributed by atoms with Crippen molar-refractivity contribution in [2.75, 3.05) is 27.2 Å². The third-order valence-corrected chi connectivity index (χ3v) is 1.67. The summed E-state index contributed by atoms with van der Waals surface area (Å²) >= 11 is 0. The molecule has 1 rings (SSSR count). The Labute approximate surface area is 72.5 Å². The van der Waals surface area contributed by atoms with Gasteiger partial charge in [0.25, 0.3) is 0 Å². The molecule has 0 spiro atoms. The maximum atomic E-state index is 4.73. The molecule has 1 aromatic heterocycles. The van der Waals surface area contributed by atoms with Crippen molar-refractivity contribution in [3.05, 3.63) is 18.0 Å². The van der Waals surface area contributed by atoms with Crippen LogP contribution in [0.3, 0.4) is 0 Å². The SMILES string of the molecule is CNCCN(C)Cc1ccon1. The lowest BCUT2D eigenvalue weighted by Gasteiger charge is -2.13. The van der Waals surface area contributed by atoms with Gasteiger partial charge in [0.05, 0.1) is 5.69 Å². The fourth-order valence-electron chi connectivity index (χ4n) is 0.977. The molecule has 4 nitrogen and oxygen atoms in total. The molecule has 12 heavy (non-hydrogen) atoms. The van der Waals surface area contributed by atoms with E-state index in [0.29, 0.717) is 0 Å². The normalized spacial score (nSPS) is 10.9. The van der Waals surface area contributed by atoms with Gasteiger partial charge in [0.2, 0.25) is 0 Å². The summed E-state index contributed by atoms with van der Waals surface area (Å²) in [4.78, 5) is 2.19. The maximum Gasteiger partial charge on any atom is 0.124 e. The van der Waals surface area contributed by atoms with E-state index in [-0.39, 0.29) is 0 Å². The van der Waals surface area contributed by atoms with Crippen LogP contribution >= 0.6 is 0 Å². The largest absolute Gasteiger partial charge is 0.364 e. The Morgan fingerprint density at radius 1 is 1.67 bits per heavy atom. The van der Waals surface area contributed by atoms with E-state index >= 15 is 0 Å². The number of hydrogen-bond donors (Lipinski definition) is 1. The molecule has 0 aliphatic heterocycles. The highest BCUT2D eigenvalue weighted by molar-refractivity contribution is 4.94. The Bertz CT molecular complexity index is 198. The summed E-state index contributed by atoms with van der Waals surface area (Å²) in [5, 5.41) is 6.92. The average Bonchev–Trinajstić information content (AvgIpc) is 2.53. The Balaban J connectivity index is 2.22. The number of rotatable bonds is 5. The minimum Gasteiger partial charge on any atom is -0.364 e. The molecule has 0 saturated carbocycles. The van der Waals surface area contributed by atoms with E-state index in [2.05, 4.69) is 22.4 Å². The zero-order valence-electron chi connectivity index (χ0n) is 7.58. The highest BCUT2D eigenvalue weighted by atomic mass is 16.5. The molecule has 0 atom stereocenters. The van der Waals surface area contributed by atoms with Crippen LogP contribution in [0.25, 0.3) is 0 Å². The minimum absolute atomic E-state index is 0.845. The smallest absolute Gasteiger partial charge is 0.124 e. The third kappa shape index (κ3) is 3.02. The van der Waals surface area contributed by atoms with Crippen LogP contribution in [0.2, 0.25) is 0 Å². The van der Waals surface area contributed by atoms with Crippen LogP contribution in [-0.2, 0) is 6.54 Å². The standard InChI is InChI=1S/C8H15N3O/c1-9-4-5-11(2)7-8-3-6-12-10-8/h3,6,9H,4-5,7H2,1-2H3. The molecule has 1 aromatic rings. The third-order valence-electron chi connectivity index (χ3n) is 1.67. The van der Waals surface area contributed by atoms with Gasteiger partial charge in [0.1, 0.15) is 6.26 Å². The first-order chi connectivity index (χ1) is 5.83. The van der Waals surface area contributed by atoms with E-state index in [1.54, 1.807) is 6.26 Å². The van der Waals surface area contributed by atoms with Gasteiger partial charge in [-0.1, -0.05) is 5.16 Å². The second kappa shape index (κ2) is 4.90. The van der Waals surface area contributed by atoms with Gasteiger partial charge in [-0.15, -0.1) is 0 Å². The number of aromatic nitrogens is 1. The molecule has 0 unspecified atom stereocenters. The number of nitrogens with zero attached hydrogens (tertiary/aromatic N) is 2. The molecule has 1 N–H and O–H groups in total. The van der Waals surface area contributed by atoms with Crippen LogP contribution in [0.1, 0.15) is 5.69 Å². The van der Waals surface area contributed by atoms with Gasteiger partial charge >= 0.3 is 0 Å². The van der Waals surface area contributed by atoms with Crippen molar-refractivity contribution in [1.29, 1.82) is 0 Å². The van der Waals surface area contributed by atoms with E-state index in [1.807, 2.05) is 13.1 Å². The topological polar surface area (TPSA) is 41.3 Å². The molecule has 0 amide bonds. The molecule has 4 heteroatoms. The van der Waals surface area contributed by atoms with E-state index in [9.17, 15) is 0 Å². The predicted molar refractivity (Wildman–Crippen MR) is 46.8 cm³/mol. The molecule has 68 valence electrons. The summed E-state index contributed by atoms with van der Waals surface area (Å²) < 4.78 is 4.73. The zero-order valence-corrected chi connectivity index (χ0v) is 7.58. The van der Waals surface area contributed by atoms with Crippen molar-refractivity contribution < 1.29 is 4.52 Å². The summed E-state index contributed by atoms with van der Waals surface area (Å²) in [6, 6.07) is 1.88. The molecule has 0 aliphatic carbocycles. The van der Waals surface area contributed by atoms with Crippen molar-refractivity contribution in [2.45, 2.75) is 6.54 Å². The van der Waals surface area contributed by atoms with Gasteiger partial charge in [-0.05, 0) is 14.1 Å². The quantitative estimate of drug-likeness (QED) is 0.689. The molecule has 1 heterocycles.